The van der Waals surface area contributed by atoms with Gasteiger partial charge in [0.1, 0.15) is 0 Å². The zero-order valence-electron chi connectivity index (χ0n) is 17.3. The zero-order valence-corrected chi connectivity index (χ0v) is 18.9. The normalized spacial score (nSPS) is 15.1. The lowest BCUT2D eigenvalue weighted by Crippen LogP contribution is -2.37. The van der Waals surface area contributed by atoms with E-state index >= 15 is 0 Å². The monoisotopic (exact) mass is 440 g/mol. The molecule has 1 aliphatic rings. The summed E-state index contributed by atoms with van der Waals surface area (Å²) in [6.07, 6.45) is 8.56. The first-order valence-electron chi connectivity index (χ1n) is 9.90. The standard InChI is InChI=1S/C21H24N6OS2/c1-13-14(2)30-21(24-13)26-20-19(22-8-9-23-20)16-6-10-27(11-7-16)18(28)5-4-17-12-29-15(3)25-17/h4-5,8-9,12,16H,6-7,10-11H2,1-3H3,(H,23,24,26)/b5-4+. The Kier molecular flexibility index (Phi) is 6.19. The van der Waals surface area contributed by atoms with E-state index in [4.69, 9.17) is 0 Å². The predicted octanol–water partition coefficient (Wildman–Crippen LogP) is 4.48. The number of piperidine rings is 1. The third-order valence-corrected chi connectivity index (χ3v) is 6.99. The molecule has 0 bridgehead atoms. The van der Waals surface area contributed by atoms with Gasteiger partial charge in [-0.15, -0.1) is 22.7 Å². The summed E-state index contributed by atoms with van der Waals surface area (Å²) in [6, 6.07) is 0. The van der Waals surface area contributed by atoms with Crippen LogP contribution >= 0.6 is 22.7 Å². The van der Waals surface area contributed by atoms with Gasteiger partial charge in [0.2, 0.25) is 5.91 Å². The average molecular weight is 441 g/mol. The molecule has 0 spiro atoms. The van der Waals surface area contributed by atoms with Gasteiger partial charge < -0.3 is 10.2 Å². The maximum atomic E-state index is 12.5. The Morgan fingerprint density at radius 2 is 1.93 bits per heavy atom. The van der Waals surface area contributed by atoms with Crippen LogP contribution in [0.4, 0.5) is 10.9 Å². The van der Waals surface area contributed by atoms with E-state index in [9.17, 15) is 4.79 Å². The van der Waals surface area contributed by atoms with Crippen LogP contribution in [0.5, 0.6) is 0 Å². The summed E-state index contributed by atoms with van der Waals surface area (Å²) in [5, 5.41) is 7.13. The van der Waals surface area contributed by atoms with E-state index in [0.717, 1.165) is 45.9 Å². The molecule has 7 nitrogen and oxygen atoms in total. The second-order valence-corrected chi connectivity index (χ2v) is 9.57. The van der Waals surface area contributed by atoms with Crippen LogP contribution in [0.1, 0.15) is 45.7 Å². The molecule has 1 aliphatic heterocycles. The molecule has 4 heterocycles. The molecule has 3 aromatic heterocycles. The zero-order chi connectivity index (χ0) is 21.1. The number of nitrogens with one attached hydrogen (secondary N) is 1. The number of aromatic nitrogens is 4. The minimum atomic E-state index is 0.0327. The Morgan fingerprint density at radius 3 is 2.60 bits per heavy atom. The SMILES string of the molecule is Cc1nc(/C=C/C(=O)N2CCC(c3nccnc3Nc3nc(C)c(C)s3)CC2)cs1. The highest BCUT2D eigenvalue weighted by Gasteiger charge is 2.26. The molecule has 4 rings (SSSR count). The van der Waals surface area contributed by atoms with E-state index in [1.165, 1.54) is 4.88 Å². The van der Waals surface area contributed by atoms with E-state index < -0.39 is 0 Å². The van der Waals surface area contributed by atoms with Crippen LogP contribution in [0.25, 0.3) is 6.08 Å². The lowest BCUT2D eigenvalue weighted by Gasteiger charge is -2.31. The van der Waals surface area contributed by atoms with Crippen molar-refractivity contribution in [3.05, 3.63) is 50.8 Å². The van der Waals surface area contributed by atoms with Gasteiger partial charge in [0.25, 0.3) is 0 Å². The van der Waals surface area contributed by atoms with Gasteiger partial charge in [0, 0.05) is 47.7 Å². The van der Waals surface area contributed by atoms with Gasteiger partial charge in [-0.3, -0.25) is 9.78 Å². The van der Waals surface area contributed by atoms with Crippen LogP contribution in [0.3, 0.4) is 0 Å². The van der Waals surface area contributed by atoms with Gasteiger partial charge in [-0.05, 0) is 39.7 Å². The fraction of sp³-hybridized carbons (Fsp3) is 0.381. The molecule has 0 aromatic carbocycles. The van der Waals surface area contributed by atoms with E-state index in [-0.39, 0.29) is 11.8 Å². The molecule has 1 fully saturated rings. The van der Waals surface area contributed by atoms with Crippen molar-refractivity contribution in [2.75, 3.05) is 18.4 Å². The Bertz CT molecular complexity index is 1050. The molecule has 0 atom stereocenters. The van der Waals surface area contributed by atoms with E-state index in [2.05, 4.69) is 32.2 Å². The molecule has 0 unspecified atom stereocenters. The second kappa shape index (κ2) is 9.01. The maximum absolute atomic E-state index is 12.5. The first kappa shape index (κ1) is 20.6. The van der Waals surface area contributed by atoms with Gasteiger partial charge in [0.15, 0.2) is 10.9 Å². The van der Waals surface area contributed by atoms with E-state index in [1.54, 1.807) is 47.2 Å². The summed E-state index contributed by atoms with van der Waals surface area (Å²) < 4.78 is 0. The minimum Gasteiger partial charge on any atom is -0.339 e. The van der Waals surface area contributed by atoms with Gasteiger partial charge in [-0.1, -0.05) is 0 Å². The second-order valence-electron chi connectivity index (χ2n) is 7.30. The number of thiazole rings is 2. The Labute approximate surface area is 183 Å². The Morgan fingerprint density at radius 1 is 1.17 bits per heavy atom. The molecule has 0 aliphatic carbocycles. The largest absolute Gasteiger partial charge is 0.339 e. The van der Waals surface area contributed by atoms with Crippen LogP contribution in [-0.4, -0.2) is 43.8 Å². The van der Waals surface area contributed by atoms with Crippen molar-refractivity contribution in [3.8, 4) is 0 Å². The van der Waals surface area contributed by atoms with Crippen molar-refractivity contribution in [1.29, 1.82) is 0 Å². The van der Waals surface area contributed by atoms with Crippen LogP contribution in [0, 0.1) is 20.8 Å². The summed E-state index contributed by atoms with van der Waals surface area (Å²) in [5.41, 5.74) is 2.81. The summed E-state index contributed by atoms with van der Waals surface area (Å²) >= 11 is 3.20. The number of carbonyl (C=O) groups excluding carboxylic acids is 1. The first-order valence-corrected chi connectivity index (χ1v) is 11.6. The van der Waals surface area contributed by atoms with E-state index in [1.807, 2.05) is 24.1 Å². The number of carbonyl (C=O) groups is 1. The maximum Gasteiger partial charge on any atom is 0.246 e. The number of aryl methyl sites for hydroxylation is 3. The highest BCUT2D eigenvalue weighted by Crippen LogP contribution is 2.33. The molecular weight excluding hydrogens is 416 g/mol. The number of likely N-dealkylation sites (tertiary alicyclic amines) is 1. The molecule has 0 saturated carbocycles. The molecule has 3 aromatic rings. The van der Waals surface area contributed by atoms with Crippen molar-refractivity contribution >= 4 is 45.6 Å². The van der Waals surface area contributed by atoms with Crippen LogP contribution in [0.15, 0.2) is 23.8 Å². The quantitative estimate of drug-likeness (QED) is 0.589. The summed E-state index contributed by atoms with van der Waals surface area (Å²) in [6.45, 7) is 7.43. The molecule has 156 valence electrons. The lowest BCUT2D eigenvalue weighted by molar-refractivity contribution is -0.126. The molecule has 0 radical (unpaired) electrons. The highest BCUT2D eigenvalue weighted by molar-refractivity contribution is 7.15. The first-order chi connectivity index (χ1) is 14.5. The third kappa shape index (κ3) is 4.73. The smallest absolute Gasteiger partial charge is 0.246 e. The summed E-state index contributed by atoms with van der Waals surface area (Å²) in [4.78, 5) is 33.6. The van der Waals surface area contributed by atoms with Gasteiger partial charge in [0.05, 0.1) is 22.1 Å². The van der Waals surface area contributed by atoms with Gasteiger partial charge in [-0.2, -0.15) is 0 Å². The number of anilines is 2. The van der Waals surface area contributed by atoms with Crippen molar-refractivity contribution in [2.24, 2.45) is 0 Å². The minimum absolute atomic E-state index is 0.0327. The molecule has 1 amide bonds. The molecule has 9 heteroatoms. The number of rotatable bonds is 5. The van der Waals surface area contributed by atoms with Gasteiger partial charge >= 0.3 is 0 Å². The summed E-state index contributed by atoms with van der Waals surface area (Å²) in [7, 11) is 0. The number of nitrogens with zero attached hydrogens (tertiary/aromatic N) is 5. The van der Waals surface area contributed by atoms with Crippen molar-refractivity contribution in [2.45, 2.75) is 39.5 Å². The average Bonchev–Trinajstić information content (AvgIpc) is 3.31. The topological polar surface area (TPSA) is 83.9 Å². The summed E-state index contributed by atoms with van der Waals surface area (Å²) in [5.74, 6) is 1.05. The Hall–Kier alpha value is -2.65. The van der Waals surface area contributed by atoms with Gasteiger partial charge in [-0.25, -0.2) is 15.0 Å². The molecule has 1 saturated heterocycles. The molecule has 1 N–H and O–H groups in total. The number of hydrogen-bond donors (Lipinski definition) is 1. The van der Waals surface area contributed by atoms with Crippen LogP contribution in [-0.2, 0) is 4.79 Å². The third-order valence-electron chi connectivity index (χ3n) is 5.21. The fourth-order valence-corrected chi connectivity index (χ4v) is 4.86. The Balaban J connectivity index is 1.39. The van der Waals surface area contributed by atoms with Crippen LogP contribution in [0.2, 0.25) is 0 Å². The lowest BCUT2D eigenvalue weighted by atomic mass is 9.93. The van der Waals surface area contributed by atoms with Crippen molar-refractivity contribution in [3.63, 3.8) is 0 Å². The number of amides is 1. The predicted molar refractivity (Wildman–Crippen MR) is 121 cm³/mol. The number of hydrogen-bond acceptors (Lipinski definition) is 8. The highest BCUT2D eigenvalue weighted by atomic mass is 32.1. The fourth-order valence-electron chi connectivity index (χ4n) is 3.46. The van der Waals surface area contributed by atoms with Crippen LogP contribution < -0.4 is 5.32 Å². The molecule has 30 heavy (non-hydrogen) atoms. The van der Waals surface area contributed by atoms with E-state index in [0.29, 0.717) is 13.1 Å². The molecular formula is C21H24N6OS2. The van der Waals surface area contributed by atoms with Crippen molar-refractivity contribution in [1.82, 2.24) is 24.8 Å². The van der Waals surface area contributed by atoms with Crippen molar-refractivity contribution < 1.29 is 4.79 Å².